The molecular weight excluding hydrogens is 384 g/mol. The zero-order valence-corrected chi connectivity index (χ0v) is 17.1. The van der Waals surface area contributed by atoms with Gasteiger partial charge in [0, 0.05) is 17.9 Å². The summed E-state index contributed by atoms with van der Waals surface area (Å²) in [5, 5.41) is 10.5. The van der Waals surface area contributed by atoms with Crippen LogP contribution in [0.5, 0.6) is 0 Å². The molecule has 2 N–H and O–H groups in total. The summed E-state index contributed by atoms with van der Waals surface area (Å²) in [7, 11) is 0. The molecule has 148 valence electrons. The number of fused-ring (bicyclic) bond motifs is 1. The maximum Gasteiger partial charge on any atom is 0.251 e. The lowest BCUT2D eigenvalue weighted by Crippen LogP contribution is -2.28. The first kappa shape index (κ1) is 19.2. The predicted octanol–water partition coefficient (Wildman–Crippen LogP) is 3.96. The third-order valence-electron chi connectivity index (χ3n) is 4.72. The molecule has 2 heterocycles. The monoisotopic (exact) mass is 406 g/mol. The zero-order chi connectivity index (χ0) is 20.2. The van der Waals surface area contributed by atoms with Crippen LogP contribution in [0.4, 0.5) is 0 Å². The summed E-state index contributed by atoms with van der Waals surface area (Å²) in [6, 6.07) is 15.5. The normalized spacial score (nSPS) is 12.2. The van der Waals surface area contributed by atoms with E-state index in [0.717, 1.165) is 39.9 Å². The van der Waals surface area contributed by atoms with E-state index >= 15 is 0 Å². The maximum absolute atomic E-state index is 12.7. The second-order valence-corrected chi connectivity index (χ2v) is 7.64. The summed E-state index contributed by atoms with van der Waals surface area (Å²) in [4.78, 5) is 21.5. The SMILES string of the molecule is CCn1c(C(C)NC(=O)c2ccc(CSc3ncn[nH]3)cc2)nc2ccccc21. The fraction of sp³-hybridized carbons (Fsp3) is 0.238. The minimum atomic E-state index is -0.198. The van der Waals surface area contributed by atoms with Crippen LogP contribution in [0.3, 0.4) is 0 Å². The molecule has 4 aromatic rings. The van der Waals surface area contributed by atoms with Crippen molar-refractivity contribution >= 4 is 28.7 Å². The molecule has 29 heavy (non-hydrogen) atoms. The van der Waals surface area contributed by atoms with Gasteiger partial charge in [-0.1, -0.05) is 36.0 Å². The molecule has 8 heteroatoms. The first-order chi connectivity index (χ1) is 14.2. The Bertz CT molecular complexity index is 1100. The van der Waals surface area contributed by atoms with Crippen molar-refractivity contribution in [2.45, 2.75) is 37.3 Å². The number of hydrogen-bond acceptors (Lipinski definition) is 5. The Hall–Kier alpha value is -3.13. The van der Waals surface area contributed by atoms with Crippen LogP contribution in [0.1, 0.15) is 41.6 Å². The third-order valence-corrected chi connectivity index (χ3v) is 5.67. The number of aryl methyl sites for hydroxylation is 1. The van der Waals surface area contributed by atoms with Crippen molar-refractivity contribution in [3.05, 3.63) is 71.8 Å². The third kappa shape index (κ3) is 4.17. The van der Waals surface area contributed by atoms with E-state index in [0.29, 0.717) is 5.56 Å². The van der Waals surface area contributed by atoms with Gasteiger partial charge in [-0.25, -0.2) is 9.97 Å². The average Bonchev–Trinajstić information content (AvgIpc) is 3.40. The van der Waals surface area contributed by atoms with Crippen LogP contribution in [0.15, 0.2) is 60.0 Å². The molecule has 4 rings (SSSR count). The molecule has 7 nitrogen and oxygen atoms in total. The number of aromatic nitrogens is 5. The van der Waals surface area contributed by atoms with Gasteiger partial charge in [-0.3, -0.25) is 9.89 Å². The number of thioether (sulfide) groups is 1. The number of aromatic amines is 1. The van der Waals surface area contributed by atoms with E-state index in [1.54, 1.807) is 11.8 Å². The van der Waals surface area contributed by atoms with Gasteiger partial charge in [-0.05, 0) is 43.7 Å². The van der Waals surface area contributed by atoms with Crippen molar-refractivity contribution in [2.75, 3.05) is 0 Å². The Morgan fingerprint density at radius 1 is 1.21 bits per heavy atom. The van der Waals surface area contributed by atoms with E-state index in [9.17, 15) is 4.79 Å². The molecule has 0 saturated heterocycles. The summed E-state index contributed by atoms with van der Waals surface area (Å²) < 4.78 is 2.14. The Balaban J connectivity index is 1.43. The van der Waals surface area contributed by atoms with E-state index in [2.05, 4.69) is 38.1 Å². The number of benzene rings is 2. The summed E-state index contributed by atoms with van der Waals surface area (Å²) in [5.41, 5.74) is 3.77. The Kier molecular flexibility index (Phi) is 5.62. The molecule has 0 bridgehead atoms. The fourth-order valence-electron chi connectivity index (χ4n) is 3.27. The molecule has 1 amide bonds. The smallest absolute Gasteiger partial charge is 0.251 e. The lowest BCUT2D eigenvalue weighted by molar-refractivity contribution is 0.0937. The maximum atomic E-state index is 12.7. The number of H-pyrrole nitrogens is 1. The van der Waals surface area contributed by atoms with Gasteiger partial charge in [0.15, 0.2) is 5.16 Å². The molecule has 0 radical (unpaired) electrons. The van der Waals surface area contributed by atoms with E-state index in [4.69, 9.17) is 4.98 Å². The summed E-state index contributed by atoms with van der Waals surface area (Å²) >= 11 is 1.57. The number of nitrogens with one attached hydrogen (secondary N) is 2. The minimum absolute atomic E-state index is 0.110. The molecule has 0 spiro atoms. The standard InChI is InChI=1S/C21H22N6OS/c1-3-27-18-7-5-4-6-17(18)25-19(27)14(2)24-20(28)16-10-8-15(9-11-16)12-29-21-22-13-23-26-21/h4-11,13-14H,3,12H2,1-2H3,(H,24,28)(H,22,23,26). The van der Waals surface area contributed by atoms with Gasteiger partial charge in [0.25, 0.3) is 5.91 Å². The largest absolute Gasteiger partial charge is 0.342 e. The number of carbonyl (C=O) groups is 1. The lowest BCUT2D eigenvalue weighted by Gasteiger charge is -2.15. The van der Waals surface area contributed by atoms with Crippen LogP contribution in [-0.4, -0.2) is 30.6 Å². The molecule has 2 aromatic heterocycles. The minimum Gasteiger partial charge on any atom is -0.342 e. The van der Waals surface area contributed by atoms with Gasteiger partial charge in [0.05, 0.1) is 17.1 Å². The van der Waals surface area contributed by atoms with Crippen LogP contribution < -0.4 is 5.32 Å². The molecular formula is C21H22N6OS. The van der Waals surface area contributed by atoms with Crippen LogP contribution in [-0.2, 0) is 12.3 Å². The zero-order valence-electron chi connectivity index (χ0n) is 16.3. The number of imidazole rings is 1. The number of amides is 1. The van der Waals surface area contributed by atoms with Gasteiger partial charge < -0.3 is 9.88 Å². The topological polar surface area (TPSA) is 88.5 Å². The first-order valence-corrected chi connectivity index (χ1v) is 10.5. The quantitative estimate of drug-likeness (QED) is 0.454. The van der Waals surface area contributed by atoms with Crippen LogP contribution in [0.25, 0.3) is 11.0 Å². The highest BCUT2D eigenvalue weighted by Gasteiger charge is 2.18. The van der Waals surface area contributed by atoms with E-state index < -0.39 is 0 Å². The molecule has 1 unspecified atom stereocenters. The van der Waals surface area contributed by atoms with Gasteiger partial charge in [-0.2, -0.15) is 5.10 Å². The molecule has 2 aromatic carbocycles. The number of carbonyl (C=O) groups excluding carboxylic acids is 1. The van der Waals surface area contributed by atoms with Crippen molar-refractivity contribution in [1.82, 2.24) is 30.0 Å². The van der Waals surface area contributed by atoms with Gasteiger partial charge in [0.1, 0.15) is 12.2 Å². The first-order valence-electron chi connectivity index (χ1n) is 9.49. The van der Waals surface area contributed by atoms with Crippen LogP contribution in [0.2, 0.25) is 0 Å². The summed E-state index contributed by atoms with van der Waals surface area (Å²) in [5.74, 6) is 1.51. The number of para-hydroxylation sites is 2. The number of rotatable bonds is 7. The number of nitrogens with zero attached hydrogens (tertiary/aromatic N) is 4. The van der Waals surface area contributed by atoms with Crippen LogP contribution >= 0.6 is 11.8 Å². The van der Waals surface area contributed by atoms with Gasteiger partial charge in [-0.15, -0.1) is 0 Å². The fourth-order valence-corrected chi connectivity index (χ4v) is 4.00. The van der Waals surface area contributed by atoms with Crippen molar-refractivity contribution < 1.29 is 4.79 Å². The van der Waals surface area contributed by atoms with Crippen molar-refractivity contribution in [1.29, 1.82) is 0 Å². The molecule has 0 saturated carbocycles. The van der Waals surface area contributed by atoms with E-state index in [-0.39, 0.29) is 11.9 Å². The van der Waals surface area contributed by atoms with Crippen molar-refractivity contribution in [3.63, 3.8) is 0 Å². The van der Waals surface area contributed by atoms with Crippen LogP contribution in [0, 0.1) is 0 Å². The predicted molar refractivity (Wildman–Crippen MR) is 114 cm³/mol. The van der Waals surface area contributed by atoms with E-state index in [1.165, 1.54) is 6.33 Å². The van der Waals surface area contributed by atoms with Crippen molar-refractivity contribution in [3.8, 4) is 0 Å². The highest BCUT2D eigenvalue weighted by molar-refractivity contribution is 7.98. The summed E-state index contributed by atoms with van der Waals surface area (Å²) in [6.45, 7) is 4.85. The molecule has 0 aliphatic heterocycles. The summed E-state index contributed by atoms with van der Waals surface area (Å²) in [6.07, 6.45) is 1.49. The van der Waals surface area contributed by atoms with Gasteiger partial charge >= 0.3 is 0 Å². The van der Waals surface area contributed by atoms with E-state index in [1.807, 2.05) is 49.4 Å². The molecule has 0 aliphatic carbocycles. The molecule has 0 aliphatic rings. The van der Waals surface area contributed by atoms with Gasteiger partial charge in [0.2, 0.25) is 0 Å². The molecule has 1 atom stereocenters. The highest BCUT2D eigenvalue weighted by Crippen LogP contribution is 2.22. The Morgan fingerprint density at radius 2 is 2.00 bits per heavy atom. The molecule has 0 fully saturated rings. The Labute approximate surface area is 173 Å². The number of hydrogen-bond donors (Lipinski definition) is 2. The highest BCUT2D eigenvalue weighted by atomic mass is 32.2. The Morgan fingerprint density at radius 3 is 2.72 bits per heavy atom. The second kappa shape index (κ2) is 8.48. The average molecular weight is 407 g/mol. The lowest BCUT2D eigenvalue weighted by atomic mass is 10.1. The van der Waals surface area contributed by atoms with Crippen molar-refractivity contribution in [2.24, 2.45) is 0 Å². The second-order valence-electron chi connectivity index (χ2n) is 6.67.